The molecule has 1 aromatic rings. The lowest BCUT2D eigenvalue weighted by atomic mass is 9.95. The van der Waals surface area contributed by atoms with Crippen LogP contribution in [0.5, 0.6) is 0 Å². The van der Waals surface area contributed by atoms with Crippen LogP contribution in [0, 0.1) is 0 Å². The van der Waals surface area contributed by atoms with E-state index < -0.39 is 0 Å². The van der Waals surface area contributed by atoms with Gasteiger partial charge in [-0.15, -0.1) is 24.0 Å². The van der Waals surface area contributed by atoms with Gasteiger partial charge in [-0.05, 0) is 12.8 Å². The number of nitrogens with zero attached hydrogens (tertiary/aromatic N) is 3. The van der Waals surface area contributed by atoms with Gasteiger partial charge in [0, 0.05) is 26.2 Å². The zero-order valence-electron chi connectivity index (χ0n) is 13.7. The average molecular weight is 435 g/mol. The van der Waals surface area contributed by atoms with Gasteiger partial charge >= 0.3 is 0 Å². The number of carbonyl (C=O) groups is 1. The number of hydrogen-bond acceptors (Lipinski definition) is 4. The number of hydrogen-bond donors (Lipinski definition) is 2. The summed E-state index contributed by atoms with van der Waals surface area (Å²) in [5.74, 6) is 0.671. The second-order valence-corrected chi connectivity index (χ2v) is 5.65. The molecule has 8 heteroatoms. The Kier molecular flexibility index (Phi) is 8.97. The quantitative estimate of drug-likeness (QED) is 0.419. The summed E-state index contributed by atoms with van der Waals surface area (Å²) < 4.78 is 4.81. The molecular formula is C15H26IN5O2. The first-order chi connectivity index (χ1) is 10.7. The maximum absolute atomic E-state index is 12.0. The van der Waals surface area contributed by atoms with Crippen molar-refractivity contribution in [2.45, 2.75) is 44.7 Å². The van der Waals surface area contributed by atoms with Gasteiger partial charge in [0.15, 0.2) is 5.96 Å². The number of carbonyl (C=O) groups excluding carboxylic acids is 1. The second kappa shape index (κ2) is 10.5. The van der Waals surface area contributed by atoms with Gasteiger partial charge in [-0.1, -0.05) is 24.4 Å². The Bertz CT molecular complexity index is 486. The molecule has 0 radical (unpaired) electrons. The third kappa shape index (κ3) is 6.76. The van der Waals surface area contributed by atoms with Gasteiger partial charge in [-0.2, -0.15) is 0 Å². The van der Waals surface area contributed by atoms with Crippen LogP contribution in [-0.4, -0.2) is 48.6 Å². The van der Waals surface area contributed by atoms with E-state index in [4.69, 9.17) is 4.52 Å². The van der Waals surface area contributed by atoms with E-state index in [0.29, 0.717) is 18.5 Å². The van der Waals surface area contributed by atoms with Crippen LogP contribution in [-0.2, 0) is 11.3 Å². The van der Waals surface area contributed by atoms with Crippen LogP contribution in [0.25, 0.3) is 0 Å². The summed E-state index contributed by atoms with van der Waals surface area (Å²) in [4.78, 5) is 18.1. The van der Waals surface area contributed by atoms with E-state index in [0.717, 1.165) is 18.5 Å². The van der Waals surface area contributed by atoms with Crippen LogP contribution in [0.15, 0.2) is 21.8 Å². The van der Waals surface area contributed by atoms with Crippen molar-refractivity contribution in [3.05, 3.63) is 18.0 Å². The van der Waals surface area contributed by atoms with Gasteiger partial charge in [0.2, 0.25) is 5.91 Å². The molecule has 0 saturated heterocycles. The standard InChI is InChI=1S/C15H25N5O2.HI/c1-16-15(20(2)11-13-8-9-22-19-13)17-10-14(21)18-12-6-4-3-5-7-12;/h8-9,12H,3-7,10-11H2,1-2H3,(H,16,17)(H,18,21);1H. The minimum atomic E-state index is 0. The van der Waals surface area contributed by atoms with Crippen molar-refractivity contribution >= 4 is 35.8 Å². The summed E-state index contributed by atoms with van der Waals surface area (Å²) in [6.45, 7) is 0.798. The molecule has 0 bridgehead atoms. The summed E-state index contributed by atoms with van der Waals surface area (Å²) in [6, 6.07) is 2.14. The lowest BCUT2D eigenvalue weighted by Crippen LogP contribution is -2.46. The highest BCUT2D eigenvalue weighted by molar-refractivity contribution is 14.0. The highest BCUT2D eigenvalue weighted by atomic mass is 127. The molecule has 2 N–H and O–H groups in total. The Hall–Kier alpha value is -1.32. The number of rotatable bonds is 5. The molecule has 0 atom stereocenters. The van der Waals surface area contributed by atoms with Gasteiger partial charge in [0.05, 0.1) is 13.1 Å². The first-order valence-electron chi connectivity index (χ1n) is 7.79. The van der Waals surface area contributed by atoms with Crippen LogP contribution >= 0.6 is 24.0 Å². The molecule has 130 valence electrons. The molecule has 0 aliphatic heterocycles. The van der Waals surface area contributed by atoms with E-state index in [1.807, 2.05) is 11.9 Å². The number of nitrogens with one attached hydrogen (secondary N) is 2. The zero-order valence-corrected chi connectivity index (χ0v) is 16.1. The highest BCUT2D eigenvalue weighted by Gasteiger charge is 2.16. The SMILES string of the molecule is CN=C(NCC(=O)NC1CCCCC1)N(C)Cc1ccon1.I. The van der Waals surface area contributed by atoms with Crippen molar-refractivity contribution in [1.29, 1.82) is 0 Å². The minimum Gasteiger partial charge on any atom is -0.364 e. The number of amides is 1. The van der Waals surface area contributed by atoms with Crippen LogP contribution in [0.1, 0.15) is 37.8 Å². The van der Waals surface area contributed by atoms with Gasteiger partial charge in [0.25, 0.3) is 0 Å². The van der Waals surface area contributed by atoms with Crippen LogP contribution in [0.4, 0.5) is 0 Å². The van der Waals surface area contributed by atoms with E-state index in [2.05, 4.69) is 20.8 Å². The molecule has 1 aromatic heterocycles. The Labute approximate surface area is 154 Å². The maximum atomic E-state index is 12.0. The monoisotopic (exact) mass is 435 g/mol. The number of aromatic nitrogens is 1. The highest BCUT2D eigenvalue weighted by Crippen LogP contribution is 2.17. The third-order valence-electron chi connectivity index (χ3n) is 3.84. The van der Waals surface area contributed by atoms with Gasteiger partial charge < -0.3 is 20.1 Å². The first-order valence-corrected chi connectivity index (χ1v) is 7.79. The molecule has 1 aliphatic carbocycles. The molecule has 23 heavy (non-hydrogen) atoms. The Balaban J connectivity index is 0.00000264. The average Bonchev–Trinajstić information content (AvgIpc) is 3.01. The number of guanidine groups is 1. The molecule has 0 unspecified atom stereocenters. The zero-order chi connectivity index (χ0) is 15.8. The summed E-state index contributed by atoms with van der Waals surface area (Å²) >= 11 is 0. The van der Waals surface area contributed by atoms with E-state index >= 15 is 0 Å². The minimum absolute atomic E-state index is 0. The van der Waals surface area contributed by atoms with Gasteiger partial charge in [-0.25, -0.2) is 0 Å². The maximum Gasteiger partial charge on any atom is 0.239 e. The first kappa shape index (κ1) is 19.7. The van der Waals surface area contributed by atoms with Crippen molar-refractivity contribution in [3.63, 3.8) is 0 Å². The topological polar surface area (TPSA) is 82.8 Å². The molecule has 7 nitrogen and oxygen atoms in total. The molecule has 2 rings (SSSR count). The Morgan fingerprint density at radius 3 is 2.78 bits per heavy atom. The van der Waals surface area contributed by atoms with Crippen molar-refractivity contribution in [1.82, 2.24) is 20.7 Å². The Morgan fingerprint density at radius 1 is 1.43 bits per heavy atom. The van der Waals surface area contributed by atoms with E-state index in [1.165, 1.54) is 25.5 Å². The predicted molar refractivity (Wildman–Crippen MR) is 99.8 cm³/mol. The molecular weight excluding hydrogens is 409 g/mol. The fraction of sp³-hybridized carbons (Fsp3) is 0.667. The van der Waals surface area contributed by atoms with Crippen molar-refractivity contribution < 1.29 is 9.32 Å². The summed E-state index contributed by atoms with van der Waals surface area (Å²) in [5.41, 5.74) is 0.817. The largest absolute Gasteiger partial charge is 0.364 e. The normalized spacial score (nSPS) is 15.7. The molecule has 1 amide bonds. The predicted octanol–water partition coefficient (Wildman–Crippen LogP) is 1.75. The molecule has 1 heterocycles. The molecule has 1 aliphatic rings. The number of aliphatic imine (C=N–C) groups is 1. The fourth-order valence-corrected chi connectivity index (χ4v) is 2.71. The van der Waals surface area contributed by atoms with Gasteiger partial charge in [-0.3, -0.25) is 9.79 Å². The van der Waals surface area contributed by atoms with Crippen LogP contribution in [0.3, 0.4) is 0 Å². The lowest BCUT2D eigenvalue weighted by Gasteiger charge is -2.24. The molecule has 1 fully saturated rings. The van der Waals surface area contributed by atoms with Crippen molar-refractivity contribution in [3.8, 4) is 0 Å². The van der Waals surface area contributed by atoms with Crippen molar-refractivity contribution in [2.75, 3.05) is 20.6 Å². The van der Waals surface area contributed by atoms with E-state index in [-0.39, 0.29) is 36.4 Å². The molecule has 1 saturated carbocycles. The Morgan fingerprint density at radius 2 is 2.17 bits per heavy atom. The van der Waals surface area contributed by atoms with Crippen molar-refractivity contribution in [2.24, 2.45) is 4.99 Å². The molecule has 0 aromatic carbocycles. The van der Waals surface area contributed by atoms with Crippen LogP contribution in [0.2, 0.25) is 0 Å². The lowest BCUT2D eigenvalue weighted by molar-refractivity contribution is -0.120. The van der Waals surface area contributed by atoms with Crippen LogP contribution < -0.4 is 10.6 Å². The molecule has 0 spiro atoms. The fourth-order valence-electron chi connectivity index (χ4n) is 2.71. The van der Waals surface area contributed by atoms with Gasteiger partial charge in [0.1, 0.15) is 12.0 Å². The van der Waals surface area contributed by atoms with E-state index in [9.17, 15) is 4.79 Å². The number of halogens is 1. The second-order valence-electron chi connectivity index (χ2n) is 5.65. The summed E-state index contributed by atoms with van der Waals surface area (Å²) in [6.07, 6.45) is 7.42. The summed E-state index contributed by atoms with van der Waals surface area (Å²) in [5, 5.41) is 10.0. The summed E-state index contributed by atoms with van der Waals surface area (Å²) in [7, 11) is 3.59. The third-order valence-corrected chi connectivity index (χ3v) is 3.84. The van der Waals surface area contributed by atoms with E-state index in [1.54, 1.807) is 13.1 Å². The smallest absolute Gasteiger partial charge is 0.239 e.